The molecule has 1 aromatic rings. The summed E-state index contributed by atoms with van der Waals surface area (Å²) in [6.45, 7) is 1.68. The first kappa shape index (κ1) is 14.8. The Morgan fingerprint density at radius 2 is 2.26 bits per heavy atom. The molecule has 0 spiro atoms. The number of halogens is 1. The fourth-order valence-corrected chi connectivity index (χ4v) is 5.62. The molecule has 1 fully saturated rings. The van der Waals surface area contributed by atoms with E-state index in [0.29, 0.717) is 4.47 Å². The van der Waals surface area contributed by atoms with Crippen LogP contribution in [0.2, 0.25) is 0 Å². The van der Waals surface area contributed by atoms with E-state index in [1.165, 1.54) is 30.2 Å². The number of carboxylic acid groups (broad SMARTS) is 1. The summed E-state index contributed by atoms with van der Waals surface area (Å²) in [6, 6.07) is 0.376. The van der Waals surface area contributed by atoms with Crippen molar-refractivity contribution in [1.82, 2.24) is 9.29 Å². The van der Waals surface area contributed by atoms with E-state index in [-0.39, 0.29) is 10.6 Å². The van der Waals surface area contributed by atoms with Crippen molar-refractivity contribution in [3.63, 3.8) is 0 Å². The lowest BCUT2D eigenvalue weighted by atomic mass is 10.3. The fourth-order valence-electron chi connectivity index (χ4n) is 1.83. The third-order valence-corrected chi connectivity index (χ3v) is 6.43. The van der Waals surface area contributed by atoms with Crippen molar-refractivity contribution in [2.75, 3.05) is 5.75 Å². The lowest BCUT2D eigenvalue weighted by Gasteiger charge is -2.24. The van der Waals surface area contributed by atoms with E-state index in [4.69, 9.17) is 5.11 Å². The van der Waals surface area contributed by atoms with Gasteiger partial charge in [0.25, 0.3) is 0 Å². The molecular formula is C10H11BrN2O4S2. The average molecular weight is 367 g/mol. The zero-order chi connectivity index (χ0) is 14.2. The van der Waals surface area contributed by atoms with Gasteiger partial charge in [0, 0.05) is 22.6 Å². The van der Waals surface area contributed by atoms with Crippen LogP contribution in [0.5, 0.6) is 0 Å². The molecule has 2 rings (SSSR count). The molecule has 9 heteroatoms. The lowest BCUT2D eigenvalue weighted by molar-refractivity contribution is -0.140. The highest BCUT2D eigenvalue weighted by Gasteiger charge is 2.44. The molecule has 19 heavy (non-hydrogen) atoms. The molecule has 2 unspecified atom stereocenters. The lowest BCUT2D eigenvalue weighted by Crippen LogP contribution is -2.44. The number of nitrogens with zero attached hydrogens (tertiary/aromatic N) is 2. The van der Waals surface area contributed by atoms with Crippen LogP contribution < -0.4 is 0 Å². The van der Waals surface area contributed by atoms with Crippen molar-refractivity contribution >= 4 is 43.7 Å². The number of aliphatic carboxylic acids is 1. The second-order valence-electron chi connectivity index (χ2n) is 3.96. The predicted molar refractivity (Wildman–Crippen MR) is 74.3 cm³/mol. The summed E-state index contributed by atoms with van der Waals surface area (Å²) in [7, 11) is -3.87. The van der Waals surface area contributed by atoms with Gasteiger partial charge in [0.05, 0.1) is 5.37 Å². The molecule has 0 aromatic carbocycles. The zero-order valence-corrected chi connectivity index (χ0v) is 13.1. The fraction of sp³-hybridized carbons (Fsp3) is 0.400. The molecule has 0 bridgehead atoms. The molecule has 1 aromatic heterocycles. The van der Waals surface area contributed by atoms with E-state index in [1.807, 2.05) is 0 Å². The van der Waals surface area contributed by atoms with Crippen LogP contribution in [0.15, 0.2) is 27.8 Å². The molecule has 1 aliphatic rings. The molecule has 1 saturated heterocycles. The predicted octanol–water partition coefficient (Wildman–Crippen LogP) is 1.38. The van der Waals surface area contributed by atoms with Crippen LogP contribution in [0, 0.1) is 0 Å². The summed E-state index contributed by atoms with van der Waals surface area (Å²) in [5.74, 6) is -0.889. The van der Waals surface area contributed by atoms with Gasteiger partial charge in [0.15, 0.2) is 0 Å². The van der Waals surface area contributed by atoms with Crippen LogP contribution >= 0.6 is 27.7 Å². The number of rotatable bonds is 3. The van der Waals surface area contributed by atoms with Gasteiger partial charge < -0.3 is 5.11 Å². The second kappa shape index (κ2) is 5.39. The molecule has 2 heterocycles. The van der Waals surface area contributed by atoms with Gasteiger partial charge in [-0.05, 0) is 28.9 Å². The van der Waals surface area contributed by atoms with Crippen LogP contribution in [0.1, 0.15) is 6.92 Å². The van der Waals surface area contributed by atoms with Crippen molar-refractivity contribution in [1.29, 1.82) is 0 Å². The van der Waals surface area contributed by atoms with E-state index in [0.717, 1.165) is 4.31 Å². The molecular weight excluding hydrogens is 356 g/mol. The molecule has 0 aliphatic carbocycles. The van der Waals surface area contributed by atoms with E-state index in [1.54, 1.807) is 6.92 Å². The van der Waals surface area contributed by atoms with Gasteiger partial charge in [-0.3, -0.25) is 9.78 Å². The van der Waals surface area contributed by atoms with Crippen LogP contribution in [0.4, 0.5) is 0 Å². The summed E-state index contributed by atoms with van der Waals surface area (Å²) in [5.41, 5.74) is 0. The SMILES string of the molecule is CC1SCC(C(=O)O)N1S(=O)(=O)c1cncc(Br)c1. The Hall–Kier alpha value is -0.640. The standard InChI is InChI=1S/C10H11BrN2O4S2/c1-6-13(9(5-18-6)10(14)15)19(16,17)8-2-7(11)3-12-4-8/h2-4,6,9H,5H2,1H3,(H,14,15). The van der Waals surface area contributed by atoms with E-state index in [9.17, 15) is 13.2 Å². The zero-order valence-electron chi connectivity index (χ0n) is 9.85. The molecule has 1 aliphatic heterocycles. The maximum atomic E-state index is 12.5. The van der Waals surface area contributed by atoms with Gasteiger partial charge in [0.1, 0.15) is 10.9 Å². The Balaban J connectivity index is 2.46. The highest BCUT2D eigenvalue weighted by atomic mass is 79.9. The highest BCUT2D eigenvalue weighted by molar-refractivity contribution is 9.10. The highest BCUT2D eigenvalue weighted by Crippen LogP contribution is 2.34. The first-order valence-corrected chi connectivity index (χ1v) is 8.60. The van der Waals surface area contributed by atoms with Gasteiger partial charge in [-0.2, -0.15) is 4.31 Å². The number of carbonyl (C=O) groups is 1. The molecule has 2 atom stereocenters. The van der Waals surface area contributed by atoms with Crippen molar-refractivity contribution in [3.05, 3.63) is 22.9 Å². The first-order valence-electron chi connectivity index (χ1n) is 5.32. The van der Waals surface area contributed by atoms with Crippen LogP contribution in [-0.4, -0.2) is 46.0 Å². The van der Waals surface area contributed by atoms with Crippen molar-refractivity contribution in [2.24, 2.45) is 0 Å². The first-order chi connectivity index (χ1) is 8.84. The maximum Gasteiger partial charge on any atom is 0.322 e. The number of hydrogen-bond donors (Lipinski definition) is 1. The minimum Gasteiger partial charge on any atom is -0.480 e. The summed E-state index contributed by atoms with van der Waals surface area (Å²) >= 11 is 4.46. The van der Waals surface area contributed by atoms with E-state index in [2.05, 4.69) is 20.9 Å². The normalized spacial score (nSPS) is 24.5. The molecule has 0 saturated carbocycles. The van der Waals surface area contributed by atoms with Gasteiger partial charge in [-0.1, -0.05) is 0 Å². The topological polar surface area (TPSA) is 87.6 Å². The Kier molecular flexibility index (Phi) is 4.19. The third-order valence-electron chi connectivity index (χ3n) is 2.70. The van der Waals surface area contributed by atoms with Crippen LogP contribution in [0.25, 0.3) is 0 Å². The Morgan fingerprint density at radius 1 is 1.58 bits per heavy atom. The van der Waals surface area contributed by atoms with Crippen LogP contribution in [0.3, 0.4) is 0 Å². The molecule has 6 nitrogen and oxygen atoms in total. The molecule has 0 amide bonds. The molecule has 0 radical (unpaired) electrons. The van der Waals surface area contributed by atoms with Gasteiger partial charge >= 0.3 is 5.97 Å². The number of carboxylic acids is 1. The summed E-state index contributed by atoms with van der Waals surface area (Å²) < 4.78 is 26.6. The minimum atomic E-state index is -3.87. The number of aromatic nitrogens is 1. The van der Waals surface area contributed by atoms with Crippen molar-refractivity contribution in [2.45, 2.75) is 23.2 Å². The van der Waals surface area contributed by atoms with Gasteiger partial charge in [0.2, 0.25) is 10.0 Å². The van der Waals surface area contributed by atoms with E-state index >= 15 is 0 Å². The summed E-state index contributed by atoms with van der Waals surface area (Å²) in [4.78, 5) is 15.0. The summed E-state index contributed by atoms with van der Waals surface area (Å²) in [5, 5.41) is 8.71. The minimum absolute atomic E-state index is 0.0116. The number of thioether (sulfide) groups is 1. The Bertz CT molecular complexity index is 607. The quantitative estimate of drug-likeness (QED) is 0.869. The Labute approximate surface area is 123 Å². The van der Waals surface area contributed by atoms with Crippen molar-refractivity contribution in [3.8, 4) is 0 Å². The molecule has 104 valence electrons. The van der Waals surface area contributed by atoms with E-state index < -0.39 is 27.4 Å². The monoisotopic (exact) mass is 366 g/mol. The smallest absolute Gasteiger partial charge is 0.322 e. The molecule has 1 N–H and O–H groups in total. The second-order valence-corrected chi connectivity index (χ2v) is 8.07. The van der Waals surface area contributed by atoms with Crippen LogP contribution in [-0.2, 0) is 14.8 Å². The summed E-state index contributed by atoms with van der Waals surface area (Å²) in [6.07, 6.45) is 2.69. The van der Waals surface area contributed by atoms with Gasteiger partial charge in [-0.15, -0.1) is 11.8 Å². The van der Waals surface area contributed by atoms with Crippen molar-refractivity contribution < 1.29 is 18.3 Å². The van der Waals surface area contributed by atoms with Gasteiger partial charge in [-0.25, -0.2) is 8.42 Å². The third kappa shape index (κ3) is 2.78. The number of hydrogen-bond acceptors (Lipinski definition) is 5. The Morgan fingerprint density at radius 3 is 2.84 bits per heavy atom. The maximum absolute atomic E-state index is 12.5. The number of pyridine rings is 1. The number of sulfonamides is 1. The largest absolute Gasteiger partial charge is 0.480 e. The average Bonchev–Trinajstić information content (AvgIpc) is 2.72.